The van der Waals surface area contributed by atoms with Gasteiger partial charge in [-0.3, -0.25) is 9.59 Å². The topological polar surface area (TPSA) is 79.2 Å². The zero-order valence-electron chi connectivity index (χ0n) is 13.7. The van der Waals surface area contributed by atoms with Crippen LogP contribution in [-0.2, 0) is 14.3 Å². The van der Waals surface area contributed by atoms with E-state index in [4.69, 9.17) is 21.6 Å². The summed E-state index contributed by atoms with van der Waals surface area (Å²) in [6, 6.07) is 12.4. The fraction of sp³-hybridized carbons (Fsp3) is 0.167. The smallest absolute Gasteiger partial charge is 0.317 e. The van der Waals surface area contributed by atoms with Crippen molar-refractivity contribution in [3.8, 4) is 6.07 Å². The number of carbonyl (C=O) groups is 2. The predicted molar refractivity (Wildman–Crippen MR) is 97.5 cm³/mol. The van der Waals surface area contributed by atoms with Gasteiger partial charge in [-0.1, -0.05) is 23.7 Å². The van der Waals surface area contributed by atoms with E-state index < -0.39 is 23.8 Å². The zero-order valence-corrected chi connectivity index (χ0v) is 15.2. The molecule has 0 aliphatic carbocycles. The second-order valence-electron chi connectivity index (χ2n) is 5.15. The first-order chi connectivity index (χ1) is 12.4. The van der Waals surface area contributed by atoms with E-state index in [2.05, 4.69) is 5.32 Å². The number of nitriles is 1. The number of nitrogens with one attached hydrogen (secondary N) is 1. The summed E-state index contributed by atoms with van der Waals surface area (Å²) < 4.78 is 18.5. The molecule has 0 unspecified atom stereocenters. The maximum Gasteiger partial charge on any atom is 0.317 e. The van der Waals surface area contributed by atoms with Crippen molar-refractivity contribution in [3.63, 3.8) is 0 Å². The molecule has 134 valence electrons. The minimum absolute atomic E-state index is 0.124. The number of rotatable bonds is 6. The maximum atomic E-state index is 13.5. The largest absolute Gasteiger partial charge is 0.452 e. The third-order valence-corrected chi connectivity index (χ3v) is 4.55. The minimum atomic E-state index is -1.04. The molecule has 0 spiro atoms. The molecule has 0 radical (unpaired) electrons. The van der Waals surface area contributed by atoms with Crippen LogP contribution in [0.3, 0.4) is 0 Å². The van der Waals surface area contributed by atoms with Crippen molar-refractivity contribution in [2.45, 2.75) is 17.9 Å². The molecule has 0 aliphatic heterocycles. The van der Waals surface area contributed by atoms with Gasteiger partial charge in [0.2, 0.25) is 0 Å². The zero-order chi connectivity index (χ0) is 19.1. The number of hydrogen-bond acceptors (Lipinski definition) is 5. The highest BCUT2D eigenvalue weighted by Crippen LogP contribution is 2.22. The summed E-state index contributed by atoms with van der Waals surface area (Å²) in [5, 5.41) is 11.6. The lowest BCUT2D eigenvalue weighted by atomic mass is 10.2. The van der Waals surface area contributed by atoms with Gasteiger partial charge < -0.3 is 10.1 Å². The molecule has 1 atom stereocenters. The number of ether oxygens (including phenoxy) is 1. The molecule has 1 N–H and O–H groups in total. The fourth-order valence-electron chi connectivity index (χ4n) is 1.91. The molecule has 26 heavy (non-hydrogen) atoms. The number of esters is 1. The van der Waals surface area contributed by atoms with E-state index in [0.717, 1.165) is 11.8 Å². The Hall–Kier alpha value is -2.56. The number of hydrogen-bond donors (Lipinski definition) is 1. The Morgan fingerprint density at radius 1 is 1.35 bits per heavy atom. The Kier molecular flexibility index (Phi) is 7.01. The number of anilines is 1. The van der Waals surface area contributed by atoms with Gasteiger partial charge in [0.1, 0.15) is 11.9 Å². The van der Waals surface area contributed by atoms with Gasteiger partial charge in [-0.2, -0.15) is 5.26 Å². The van der Waals surface area contributed by atoms with Crippen LogP contribution in [0.1, 0.15) is 12.5 Å². The molecular weight excluding hydrogens is 379 g/mol. The van der Waals surface area contributed by atoms with Crippen LogP contribution < -0.4 is 5.32 Å². The average molecular weight is 393 g/mol. The van der Waals surface area contributed by atoms with Gasteiger partial charge in [-0.05, 0) is 37.3 Å². The van der Waals surface area contributed by atoms with Crippen LogP contribution in [-0.4, -0.2) is 23.7 Å². The van der Waals surface area contributed by atoms with Crippen molar-refractivity contribution in [1.29, 1.82) is 5.26 Å². The Morgan fingerprint density at radius 3 is 2.73 bits per heavy atom. The highest BCUT2D eigenvalue weighted by molar-refractivity contribution is 8.00. The number of carbonyl (C=O) groups excluding carboxylic acids is 2. The Labute approximate surface area is 159 Å². The van der Waals surface area contributed by atoms with Gasteiger partial charge in [0.25, 0.3) is 5.91 Å². The fourth-order valence-corrected chi connectivity index (χ4v) is 2.86. The molecule has 0 saturated carbocycles. The van der Waals surface area contributed by atoms with Crippen molar-refractivity contribution in [3.05, 3.63) is 58.9 Å². The van der Waals surface area contributed by atoms with Crippen molar-refractivity contribution in [2.75, 3.05) is 11.1 Å². The molecule has 0 fully saturated rings. The molecule has 2 aromatic carbocycles. The summed E-state index contributed by atoms with van der Waals surface area (Å²) in [6.45, 7) is 1.42. The van der Waals surface area contributed by atoms with Gasteiger partial charge in [-0.25, -0.2) is 4.39 Å². The summed E-state index contributed by atoms with van der Waals surface area (Å²) in [6.07, 6.45) is -1.04. The molecule has 5 nitrogen and oxygen atoms in total. The van der Waals surface area contributed by atoms with Crippen LogP contribution in [0.15, 0.2) is 47.4 Å². The van der Waals surface area contributed by atoms with Crippen molar-refractivity contribution in [2.24, 2.45) is 0 Å². The summed E-state index contributed by atoms with van der Waals surface area (Å²) in [5.74, 6) is -1.73. The van der Waals surface area contributed by atoms with E-state index in [1.165, 1.54) is 31.2 Å². The molecule has 0 aromatic heterocycles. The van der Waals surface area contributed by atoms with E-state index in [0.29, 0.717) is 10.6 Å². The predicted octanol–water partition coefficient (Wildman–Crippen LogP) is 4.01. The third kappa shape index (κ3) is 5.48. The lowest BCUT2D eigenvalue weighted by Crippen LogP contribution is -2.30. The van der Waals surface area contributed by atoms with Gasteiger partial charge >= 0.3 is 5.97 Å². The van der Waals surface area contributed by atoms with E-state index in [1.54, 1.807) is 18.2 Å². The van der Waals surface area contributed by atoms with Crippen LogP contribution in [0.2, 0.25) is 5.02 Å². The van der Waals surface area contributed by atoms with Crippen molar-refractivity contribution < 1.29 is 18.7 Å². The molecule has 2 aromatic rings. The molecule has 8 heteroatoms. The molecule has 2 rings (SSSR count). The summed E-state index contributed by atoms with van der Waals surface area (Å²) in [4.78, 5) is 24.2. The minimum Gasteiger partial charge on any atom is -0.452 e. The Morgan fingerprint density at radius 2 is 2.08 bits per heavy atom. The summed E-state index contributed by atoms with van der Waals surface area (Å²) in [7, 11) is 0. The van der Waals surface area contributed by atoms with Crippen LogP contribution in [0, 0.1) is 17.1 Å². The van der Waals surface area contributed by atoms with Gasteiger partial charge in [0, 0.05) is 10.6 Å². The third-order valence-electron chi connectivity index (χ3n) is 3.22. The molecule has 0 saturated heterocycles. The summed E-state index contributed by atoms with van der Waals surface area (Å²) >= 11 is 6.89. The first-order valence-electron chi connectivity index (χ1n) is 7.48. The van der Waals surface area contributed by atoms with Gasteiger partial charge in [-0.15, -0.1) is 11.8 Å². The van der Waals surface area contributed by atoms with E-state index in [1.807, 2.05) is 6.07 Å². The molecule has 0 bridgehead atoms. The van der Waals surface area contributed by atoms with Crippen LogP contribution >= 0.6 is 23.4 Å². The highest BCUT2D eigenvalue weighted by atomic mass is 35.5. The normalized spacial score (nSPS) is 11.3. The van der Waals surface area contributed by atoms with Crippen LogP contribution in [0.5, 0.6) is 0 Å². The van der Waals surface area contributed by atoms with E-state index >= 15 is 0 Å². The number of thioether (sulfide) groups is 1. The number of nitrogens with zero attached hydrogens (tertiary/aromatic N) is 1. The summed E-state index contributed by atoms with van der Waals surface area (Å²) in [5.41, 5.74) is 0.664. The standard InChI is InChI=1S/C18H14ClFN2O3S/c1-11(18(24)22-13-7-6-12(9-21)14(19)8-13)25-17(23)10-26-16-5-3-2-4-15(16)20/h2-8,11H,10H2,1H3,(H,22,24)/t11-/m0/s1. The molecular formula is C18H14ClFN2O3S. The maximum absolute atomic E-state index is 13.5. The van der Waals surface area contributed by atoms with E-state index in [9.17, 15) is 14.0 Å². The lowest BCUT2D eigenvalue weighted by molar-refractivity contribution is -0.150. The number of halogens is 2. The van der Waals surface area contributed by atoms with Gasteiger partial charge in [0.05, 0.1) is 16.3 Å². The quantitative estimate of drug-likeness (QED) is 0.593. The van der Waals surface area contributed by atoms with Crippen LogP contribution in [0.25, 0.3) is 0 Å². The lowest BCUT2D eigenvalue weighted by Gasteiger charge is -2.14. The number of amides is 1. The second kappa shape index (κ2) is 9.22. The first kappa shape index (κ1) is 19.8. The monoisotopic (exact) mass is 392 g/mol. The molecule has 0 heterocycles. The Balaban J connectivity index is 1.86. The highest BCUT2D eigenvalue weighted by Gasteiger charge is 2.18. The van der Waals surface area contributed by atoms with E-state index in [-0.39, 0.29) is 16.3 Å². The van der Waals surface area contributed by atoms with Gasteiger partial charge in [0.15, 0.2) is 6.10 Å². The first-order valence-corrected chi connectivity index (χ1v) is 8.84. The van der Waals surface area contributed by atoms with Crippen LogP contribution in [0.4, 0.5) is 10.1 Å². The Bertz CT molecular complexity index is 870. The SMILES string of the molecule is C[C@H](OC(=O)CSc1ccccc1F)C(=O)Nc1ccc(C#N)c(Cl)c1. The second-order valence-corrected chi connectivity index (χ2v) is 6.57. The van der Waals surface area contributed by atoms with Crippen molar-refractivity contribution >= 4 is 40.9 Å². The van der Waals surface area contributed by atoms with Crippen molar-refractivity contribution in [1.82, 2.24) is 0 Å². The average Bonchev–Trinajstić information content (AvgIpc) is 2.61. The molecule has 0 aliphatic rings. The number of benzene rings is 2. The molecule has 1 amide bonds.